The molecule has 0 spiro atoms. The lowest BCUT2D eigenvalue weighted by molar-refractivity contribution is 0.117. The average Bonchev–Trinajstić information content (AvgIpc) is 2.76. The highest BCUT2D eigenvalue weighted by Gasteiger charge is 2.31. The van der Waals surface area contributed by atoms with Gasteiger partial charge >= 0.3 is 0 Å². The molecule has 1 aromatic rings. The lowest BCUT2D eigenvalue weighted by Crippen LogP contribution is -2.26. The van der Waals surface area contributed by atoms with E-state index in [1.165, 1.54) is 0 Å². The molecule has 0 aromatic heterocycles. The highest BCUT2D eigenvalue weighted by Crippen LogP contribution is 2.41. The van der Waals surface area contributed by atoms with Crippen LogP contribution in [0, 0.1) is 5.92 Å². The number of benzene rings is 1. The Morgan fingerprint density at radius 3 is 2.57 bits per heavy atom. The van der Waals surface area contributed by atoms with Crippen molar-refractivity contribution in [2.24, 2.45) is 5.92 Å². The highest BCUT2D eigenvalue weighted by molar-refractivity contribution is 6.31. The van der Waals surface area contributed by atoms with E-state index in [4.69, 9.17) is 25.8 Å². The molecular formula is C16H22ClNO3. The molecule has 0 saturated carbocycles. The van der Waals surface area contributed by atoms with Gasteiger partial charge in [-0.25, -0.2) is 0 Å². The predicted molar refractivity (Wildman–Crippen MR) is 82.4 cm³/mol. The quantitative estimate of drug-likeness (QED) is 0.930. The zero-order chi connectivity index (χ0) is 14.8. The first-order valence-corrected chi connectivity index (χ1v) is 7.94. The average molecular weight is 312 g/mol. The third-order valence-corrected chi connectivity index (χ3v) is 4.54. The molecule has 0 bridgehead atoms. The SMILES string of the molecule is CNC(c1cc2c(cc1Cl)OCCCO2)C1COC(C)C1. The molecule has 3 atom stereocenters. The van der Waals surface area contributed by atoms with E-state index < -0.39 is 0 Å². The summed E-state index contributed by atoms with van der Waals surface area (Å²) in [6.07, 6.45) is 2.24. The Kier molecular flexibility index (Phi) is 4.57. The minimum Gasteiger partial charge on any atom is -0.490 e. The molecule has 4 nitrogen and oxygen atoms in total. The highest BCUT2D eigenvalue weighted by atomic mass is 35.5. The van der Waals surface area contributed by atoms with Crippen molar-refractivity contribution in [2.45, 2.75) is 31.9 Å². The molecule has 1 N–H and O–H groups in total. The summed E-state index contributed by atoms with van der Waals surface area (Å²) < 4.78 is 17.2. The van der Waals surface area contributed by atoms with Crippen molar-refractivity contribution in [1.29, 1.82) is 0 Å². The van der Waals surface area contributed by atoms with E-state index in [1.54, 1.807) is 0 Å². The Labute approximate surface area is 130 Å². The number of ether oxygens (including phenoxy) is 3. The van der Waals surface area contributed by atoms with Gasteiger partial charge in [0.2, 0.25) is 0 Å². The van der Waals surface area contributed by atoms with Gasteiger partial charge in [-0.1, -0.05) is 11.6 Å². The van der Waals surface area contributed by atoms with Crippen LogP contribution in [0.1, 0.15) is 31.4 Å². The maximum atomic E-state index is 6.49. The number of fused-ring (bicyclic) bond motifs is 1. The van der Waals surface area contributed by atoms with E-state index in [9.17, 15) is 0 Å². The van der Waals surface area contributed by atoms with Crippen LogP contribution in [-0.2, 0) is 4.74 Å². The van der Waals surface area contributed by atoms with Crippen LogP contribution in [0.3, 0.4) is 0 Å². The molecule has 2 aliphatic rings. The van der Waals surface area contributed by atoms with E-state index in [0.29, 0.717) is 25.2 Å². The summed E-state index contributed by atoms with van der Waals surface area (Å²) in [6.45, 7) is 4.23. The zero-order valence-electron chi connectivity index (χ0n) is 12.5. The van der Waals surface area contributed by atoms with Crippen LogP contribution in [0.15, 0.2) is 12.1 Å². The largest absolute Gasteiger partial charge is 0.490 e. The van der Waals surface area contributed by atoms with Crippen molar-refractivity contribution in [3.05, 3.63) is 22.7 Å². The van der Waals surface area contributed by atoms with Gasteiger partial charge in [-0.2, -0.15) is 0 Å². The minimum absolute atomic E-state index is 0.166. The van der Waals surface area contributed by atoms with Gasteiger partial charge in [0.15, 0.2) is 11.5 Å². The summed E-state index contributed by atoms with van der Waals surface area (Å²) in [5, 5.41) is 4.10. The number of nitrogens with one attached hydrogen (secondary N) is 1. The molecule has 1 fully saturated rings. The first-order valence-electron chi connectivity index (χ1n) is 7.57. The first-order chi connectivity index (χ1) is 10.2. The summed E-state index contributed by atoms with van der Waals surface area (Å²) in [6, 6.07) is 4.06. The van der Waals surface area contributed by atoms with Crippen molar-refractivity contribution < 1.29 is 14.2 Å². The van der Waals surface area contributed by atoms with E-state index >= 15 is 0 Å². The molecule has 0 radical (unpaired) electrons. The number of hydrogen-bond donors (Lipinski definition) is 1. The topological polar surface area (TPSA) is 39.7 Å². The second kappa shape index (κ2) is 6.42. The van der Waals surface area contributed by atoms with Crippen LogP contribution in [0.25, 0.3) is 0 Å². The van der Waals surface area contributed by atoms with Gasteiger partial charge in [0.25, 0.3) is 0 Å². The van der Waals surface area contributed by atoms with E-state index in [-0.39, 0.29) is 6.04 Å². The van der Waals surface area contributed by atoms with Gasteiger partial charge in [-0.3, -0.25) is 0 Å². The van der Waals surface area contributed by atoms with Crippen molar-refractivity contribution in [3.63, 3.8) is 0 Å². The smallest absolute Gasteiger partial charge is 0.162 e. The molecule has 0 aliphatic carbocycles. The molecule has 3 unspecified atom stereocenters. The van der Waals surface area contributed by atoms with E-state index in [1.807, 2.05) is 19.2 Å². The summed E-state index contributed by atoms with van der Waals surface area (Å²) in [5.41, 5.74) is 1.06. The normalized spacial score (nSPS) is 26.4. The molecule has 3 rings (SSSR count). The minimum atomic E-state index is 0.166. The standard InChI is InChI=1S/C16H22ClNO3/c1-10-6-11(9-21-10)16(18-2)12-7-14-15(8-13(12)17)20-5-3-4-19-14/h7-8,10-11,16,18H,3-6,9H2,1-2H3. The van der Waals surface area contributed by atoms with Crippen LogP contribution in [0.4, 0.5) is 0 Å². The van der Waals surface area contributed by atoms with Crippen LogP contribution >= 0.6 is 11.6 Å². The fourth-order valence-corrected chi connectivity index (χ4v) is 3.44. The fraction of sp³-hybridized carbons (Fsp3) is 0.625. The van der Waals surface area contributed by atoms with E-state index in [2.05, 4.69) is 12.2 Å². The van der Waals surface area contributed by atoms with Crippen molar-refractivity contribution in [3.8, 4) is 11.5 Å². The molecule has 5 heteroatoms. The monoisotopic (exact) mass is 311 g/mol. The third-order valence-electron chi connectivity index (χ3n) is 4.21. The van der Waals surface area contributed by atoms with Crippen molar-refractivity contribution in [2.75, 3.05) is 26.9 Å². The van der Waals surface area contributed by atoms with E-state index in [0.717, 1.165) is 41.5 Å². The molecule has 1 saturated heterocycles. The van der Waals surface area contributed by atoms with Crippen molar-refractivity contribution in [1.82, 2.24) is 5.32 Å². The van der Waals surface area contributed by atoms with Crippen LogP contribution < -0.4 is 14.8 Å². The van der Waals surface area contributed by atoms with Gasteiger partial charge in [0, 0.05) is 29.5 Å². The van der Waals surface area contributed by atoms with Gasteiger partial charge < -0.3 is 19.5 Å². The molecule has 1 aromatic carbocycles. The second-order valence-electron chi connectivity index (χ2n) is 5.78. The molecule has 2 aliphatic heterocycles. The number of halogens is 1. The maximum absolute atomic E-state index is 6.49. The zero-order valence-corrected chi connectivity index (χ0v) is 13.3. The number of rotatable bonds is 3. The molecule has 2 heterocycles. The lowest BCUT2D eigenvalue weighted by atomic mass is 9.91. The Bertz CT molecular complexity index is 509. The van der Waals surface area contributed by atoms with Crippen molar-refractivity contribution >= 4 is 11.6 Å². The van der Waals surface area contributed by atoms with Crippen LogP contribution in [-0.4, -0.2) is 33.0 Å². The summed E-state index contributed by atoms with van der Waals surface area (Å²) >= 11 is 6.49. The lowest BCUT2D eigenvalue weighted by Gasteiger charge is -2.24. The maximum Gasteiger partial charge on any atom is 0.162 e. The summed E-state index contributed by atoms with van der Waals surface area (Å²) in [5.74, 6) is 1.96. The molecule has 21 heavy (non-hydrogen) atoms. The Hall–Kier alpha value is -0.970. The fourth-order valence-electron chi connectivity index (χ4n) is 3.17. The molecule has 116 valence electrons. The van der Waals surface area contributed by atoms with Gasteiger partial charge in [-0.15, -0.1) is 0 Å². The van der Waals surface area contributed by atoms with Gasteiger partial charge in [0.1, 0.15) is 0 Å². The van der Waals surface area contributed by atoms with Crippen LogP contribution in [0.2, 0.25) is 5.02 Å². The predicted octanol–water partition coefficient (Wildman–Crippen LogP) is 3.19. The van der Waals surface area contributed by atoms with Gasteiger partial charge in [-0.05, 0) is 32.0 Å². The molecule has 0 amide bonds. The summed E-state index contributed by atoms with van der Waals surface area (Å²) in [7, 11) is 1.97. The summed E-state index contributed by atoms with van der Waals surface area (Å²) in [4.78, 5) is 0. The third kappa shape index (κ3) is 3.12. The first kappa shape index (κ1) is 14.9. The number of hydrogen-bond acceptors (Lipinski definition) is 4. The Morgan fingerprint density at radius 2 is 1.95 bits per heavy atom. The molecular weight excluding hydrogens is 290 g/mol. The second-order valence-corrected chi connectivity index (χ2v) is 6.18. The van der Waals surface area contributed by atoms with Crippen LogP contribution in [0.5, 0.6) is 11.5 Å². The van der Waals surface area contributed by atoms with Gasteiger partial charge in [0.05, 0.1) is 25.9 Å². The Morgan fingerprint density at radius 1 is 1.24 bits per heavy atom. The Balaban J connectivity index is 1.91.